The molecule has 5 N–H and O–H groups in total. The van der Waals surface area contributed by atoms with Gasteiger partial charge in [-0.05, 0) is 47.9 Å². The molecule has 1 amide bonds. The van der Waals surface area contributed by atoms with E-state index < -0.39 is 15.0 Å². The summed E-state index contributed by atoms with van der Waals surface area (Å²) in [4.78, 5) is 10.9. The number of nitrogens with two attached hydrogens (primary N) is 1. The monoisotopic (exact) mass is 400 g/mol. The molecule has 0 aromatic heterocycles. The van der Waals surface area contributed by atoms with Gasteiger partial charge in [-0.1, -0.05) is 0 Å². The topological polar surface area (TPSA) is 154 Å². The second-order valence-electron chi connectivity index (χ2n) is 5.98. The highest BCUT2D eigenvalue weighted by molar-refractivity contribution is 7.85. The maximum absolute atomic E-state index is 11.3. The third-order valence-electron chi connectivity index (χ3n) is 3.79. The SMILES string of the molecule is CC(=O)Nc1cc(N)ccc1N=Nc1ccc2c(O)cc(S(=O)(=O)O)cc2c1. The Labute approximate surface area is 160 Å². The van der Waals surface area contributed by atoms with E-state index in [0.717, 1.165) is 6.07 Å². The number of hydrogen-bond donors (Lipinski definition) is 4. The third-order valence-corrected chi connectivity index (χ3v) is 4.62. The van der Waals surface area contributed by atoms with Crippen molar-refractivity contribution in [2.45, 2.75) is 11.8 Å². The molecule has 0 spiro atoms. The lowest BCUT2D eigenvalue weighted by Crippen LogP contribution is -2.06. The zero-order valence-corrected chi connectivity index (χ0v) is 15.4. The first-order valence-electron chi connectivity index (χ1n) is 7.96. The first-order chi connectivity index (χ1) is 13.1. The van der Waals surface area contributed by atoms with Crippen LogP contribution in [0.4, 0.5) is 22.7 Å². The van der Waals surface area contributed by atoms with Gasteiger partial charge in [0.05, 0.1) is 16.3 Å². The smallest absolute Gasteiger partial charge is 0.294 e. The molecule has 0 saturated carbocycles. The van der Waals surface area contributed by atoms with Gasteiger partial charge in [0.2, 0.25) is 5.91 Å². The fourth-order valence-electron chi connectivity index (χ4n) is 2.56. The Morgan fingerprint density at radius 1 is 1.07 bits per heavy atom. The van der Waals surface area contributed by atoms with Crippen LogP contribution < -0.4 is 11.1 Å². The van der Waals surface area contributed by atoms with Crippen molar-refractivity contribution in [3.63, 3.8) is 0 Å². The Kier molecular flexibility index (Phi) is 4.99. The fraction of sp³-hybridized carbons (Fsp3) is 0.0556. The summed E-state index contributed by atoms with van der Waals surface area (Å²) >= 11 is 0. The highest BCUT2D eigenvalue weighted by atomic mass is 32.2. The van der Waals surface area contributed by atoms with Gasteiger partial charge in [0.25, 0.3) is 10.1 Å². The van der Waals surface area contributed by atoms with E-state index in [0.29, 0.717) is 33.5 Å². The molecule has 0 aliphatic carbocycles. The van der Waals surface area contributed by atoms with Crippen molar-refractivity contribution in [2.75, 3.05) is 11.1 Å². The Morgan fingerprint density at radius 3 is 2.50 bits per heavy atom. The maximum atomic E-state index is 11.3. The highest BCUT2D eigenvalue weighted by Gasteiger charge is 2.13. The number of phenolic OH excluding ortho intramolecular Hbond substituents is 1. The summed E-state index contributed by atoms with van der Waals surface area (Å²) < 4.78 is 31.9. The number of anilines is 2. The van der Waals surface area contributed by atoms with Gasteiger partial charge in [-0.25, -0.2) is 0 Å². The number of amides is 1. The highest BCUT2D eigenvalue weighted by Crippen LogP contribution is 2.33. The Bertz CT molecular complexity index is 1220. The van der Waals surface area contributed by atoms with Gasteiger partial charge in [0, 0.05) is 24.1 Å². The van der Waals surface area contributed by atoms with Gasteiger partial charge in [0.15, 0.2) is 0 Å². The lowest BCUT2D eigenvalue weighted by atomic mass is 10.1. The van der Waals surface area contributed by atoms with Gasteiger partial charge in [-0.15, -0.1) is 5.11 Å². The zero-order valence-electron chi connectivity index (χ0n) is 14.6. The van der Waals surface area contributed by atoms with Crippen molar-refractivity contribution >= 4 is 49.5 Å². The van der Waals surface area contributed by atoms with Crippen molar-refractivity contribution in [3.05, 3.63) is 48.5 Å². The van der Waals surface area contributed by atoms with Crippen LogP contribution in [0.15, 0.2) is 63.7 Å². The number of nitrogens with one attached hydrogen (secondary N) is 1. The molecule has 3 aromatic rings. The second kappa shape index (κ2) is 7.25. The molecule has 0 fully saturated rings. The minimum atomic E-state index is -4.47. The number of rotatable bonds is 4. The number of nitrogen functional groups attached to an aromatic ring is 1. The van der Waals surface area contributed by atoms with Gasteiger partial charge < -0.3 is 16.2 Å². The molecule has 3 aromatic carbocycles. The lowest BCUT2D eigenvalue weighted by molar-refractivity contribution is -0.114. The average Bonchev–Trinajstić information content (AvgIpc) is 2.59. The standard InChI is InChI=1S/C18H16N4O5S/c1-10(23)20-17-8-12(19)2-5-16(17)22-21-13-3-4-15-11(6-13)7-14(9-18(15)24)28(25,26)27/h2-9,24H,19H2,1H3,(H,20,23)(H,25,26,27). The summed E-state index contributed by atoms with van der Waals surface area (Å²) in [6.07, 6.45) is 0. The normalized spacial score (nSPS) is 11.8. The molecule has 3 rings (SSSR count). The Morgan fingerprint density at radius 2 is 1.82 bits per heavy atom. The molecule has 0 saturated heterocycles. The number of hydrogen-bond acceptors (Lipinski definition) is 7. The summed E-state index contributed by atoms with van der Waals surface area (Å²) in [5.74, 6) is -0.582. The molecule has 0 heterocycles. The summed E-state index contributed by atoms with van der Waals surface area (Å²) in [7, 11) is -4.47. The van der Waals surface area contributed by atoms with Crippen molar-refractivity contribution in [2.24, 2.45) is 10.2 Å². The predicted octanol–water partition coefficient (Wildman–Crippen LogP) is 3.75. The van der Waals surface area contributed by atoms with E-state index in [9.17, 15) is 22.9 Å². The van der Waals surface area contributed by atoms with Crippen LogP contribution in [0.1, 0.15) is 6.92 Å². The number of fused-ring (bicyclic) bond motifs is 1. The number of phenols is 1. The summed E-state index contributed by atoms with van der Waals surface area (Å²) in [5.41, 5.74) is 7.30. The Balaban J connectivity index is 2.02. The molecule has 10 heteroatoms. The van der Waals surface area contributed by atoms with Crippen molar-refractivity contribution in [1.82, 2.24) is 0 Å². The van der Waals surface area contributed by atoms with Crippen molar-refractivity contribution in [1.29, 1.82) is 0 Å². The summed E-state index contributed by atoms with van der Waals surface area (Å²) in [6.45, 7) is 1.35. The summed E-state index contributed by atoms with van der Waals surface area (Å²) in [5, 5.41) is 21.5. The van der Waals surface area contributed by atoms with Gasteiger partial charge >= 0.3 is 0 Å². The number of aromatic hydroxyl groups is 1. The maximum Gasteiger partial charge on any atom is 0.294 e. The molecule has 9 nitrogen and oxygen atoms in total. The molecule has 0 aliphatic rings. The van der Waals surface area contributed by atoms with Crippen LogP contribution >= 0.6 is 0 Å². The third kappa shape index (κ3) is 4.24. The van der Waals surface area contributed by atoms with E-state index in [1.165, 1.54) is 19.1 Å². The van der Waals surface area contributed by atoms with E-state index >= 15 is 0 Å². The van der Waals surface area contributed by atoms with Crippen LogP contribution in [0.2, 0.25) is 0 Å². The molecule has 28 heavy (non-hydrogen) atoms. The first-order valence-corrected chi connectivity index (χ1v) is 9.40. The zero-order chi connectivity index (χ0) is 20.5. The molecular formula is C18H16N4O5S. The molecular weight excluding hydrogens is 384 g/mol. The second-order valence-corrected chi connectivity index (χ2v) is 7.40. The minimum Gasteiger partial charge on any atom is -0.507 e. The Hall–Kier alpha value is -3.50. The van der Waals surface area contributed by atoms with Gasteiger partial charge in [-0.3, -0.25) is 9.35 Å². The minimum absolute atomic E-state index is 0.291. The summed E-state index contributed by atoms with van der Waals surface area (Å²) in [6, 6.07) is 11.6. The van der Waals surface area contributed by atoms with E-state index in [-0.39, 0.29) is 11.7 Å². The van der Waals surface area contributed by atoms with E-state index in [1.807, 2.05) is 0 Å². The molecule has 0 radical (unpaired) electrons. The van der Waals surface area contributed by atoms with Crippen LogP contribution in [0, 0.1) is 0 Å². The number of benzene rings is 3. The van der Waals surface area contributed by atoms with Crippen molar-refractivity contribution < 1.29 is 22.9 Å². The van der Waals surface area contributed by atoms with Crippen LogP contribution in [0.3, 0.4) is 0 Å². The molecule has 0 atom stereocenters. The largest absolute Gasteiger partial charge is 0.507 e. The predicted molar refractivity (Wildman–Crippen MR) is 105 cm³/mol. The molecule has 0 bridgehead atoms. The van der Waals surface area contributed by atoms with Crippen molar-refractivity contribution in [3.8, 4) is 5.75 Å². The number of carbonyl (C=O) groups is 1. The number of carbonyl (C=O) groups excluding carboxylic acids is 1. The van der Waals surface area contributed by atoms with E-state index in [1.54, 1.807) is 30.3 Å². The average molecular weight is 400 g/mol. The van der Waals surface area contributed by atoms with E-state index in [4.69, 9.17) is 5.73 Å². The fourth-order valence-corrected chi connectivity index (χ4v) is 3.10. The number of azo groups is 1. The van der Waals surface area contributed by atoms with Gasteiger partial charge in [-0.2, -0.15) is 13.5 Å². The van der Waals surface area contributed by atoms with Crippen LogP contribution in [-0.4, -0.2) is 24.0 Å². The van der Waals surface area contributed by atoms with Gasteiger partial charge in [0.1, 0.15) is 11.4 Å². The first kappa shape index (κ1) is 19.3. The lowest BCUT2D eigenvalue weighted by Gasteiger charge is -2.07. The number of nitrogens with zero attached hydrogens (tertiary/aromatic N) is 2. The van der Waals surface area contributed by atoms with Crippen LogP contribution in [0.5, 0.6) is 5.75 Å². The molecule has 144 valence electrons. The van der Waals surface area contributed by atoms with Crippen LogP contribution in [-0.2, 0) is 14.9 Å². The molecule has 0 aliphatic heterocycles. The molecule has 0 unspecified atom stereocenters. The van der Waals surface area contributed by atoms with Crippen LogP contribution in [0.25, 0.3) is 10.8 Å². The quantitative estimate of drug-likeness (QED) is 0.297. The van der Waals surface area contributed by atoms with E-state index in [2.05, 4.69) is 15.5 Å².